The van der Waals surface area contributed by atoms with Crippen LogP contribution < -0.4 is 4.90 Å². The van der Waals surface area contributed by atoms with Crippen LogP contribution >= 0.6 is 0 Å². The van der Waals surface area contributed by atoms with E-state index < -0.39 is 46.9 Å². The highest BCUT2D eigenvalue weighted by Gasteiger charge is 2.31. The van der Waals surface area contributed by atoms with Crippen LogP contribution in [0.1, 0.15) is 12.0 Å². The minimum absolute atomic E-state index is 0.299. The van der Waals surface area contributed by atoms with E-state index in [1.807, 2.05) is 0 Å². The summed E-state index contributed by atoms with van der Waals surface area (Å²) in [5.74, 6) is -5.00. The summed E-state index contributed by atoms with van der Waals surface area (Å²) in [5, 5.41) is 0. The molecule has 0 amide bonds. The van der Waals surface area contributed by atoms with Crippen molar-refractivity contribution in [3.05, 3.63) is 65.0 Å². The highest BCUT2D eigenvalue weighted by molar-refractivity contribution is 6.05. The lowest BCUT2D eigenvalue weighted by Crippen LogP contribution is -2.28. The van der Waals surface area contributed by atoms with Crippen molar-refractivity contribution in [2.24, 2.45) is 0 Å². The summed E-state index contributed by atoms with van der Waals surface area (Å²) in [6, 6.07) is 1.50. The number of halogens is 4. The first-order chi connectivity index (χ1) is 12.3. The topological polar surface area (TPSA) is 55.8 Å². The van der Waals surface area contributed by atoms with E-state index in [2.05, 4.69) is 9.47 Å². The molecule has 1 heterocycles. The Kier molecular flexibility index (Phi) is 5.81. The number of anilines is 1. The maximum Gasteiger partial charge on any atom is 0.355 e. The number of rotatable bonds is 4. The molecule has 0 N–H and O–H groups in total. The number of hydrogen-bond donors (Lipinski definition) is 0. The van der Waals surface area contributed by atoms with Gasteiger partial charge < -0.3 is 14.4 Å². The number of hydrogen-bond acceptors (Lipinski definition) is 5. The van der Waals surface area contributed by atoms with E-state index in [0.29, 0.717) is 6.07 Å². The lowest BCUT2D eigenvalue weighted by atomic mass is 10.1. The zero-order valence-electron chi connectivity index (χ0n) is 13.6. The molecule has 0 spiro atoms. The Bertz CT molecular complexity index is 830. The third kappa shape index (κ3) is 3.46. The van der Waals surface area contributed by atoms with E-state index in [9.17, 15) is 27.2 Å². The van der Waals surface area contributed by atoms with Gasteiger partial charge in [-0.3, -0.25) is 0 Å². The zero-order valence-corrected chi connectivity index (χ0v) is 13.6. The molecule has 1 aromatic carbocycles. The van der Waals surface area contributed by atoms with Crippen LogP contribution in [0.25, 0.3) is 0 Å². The quantitative estimate of drug-likeness (QED) is 0.600. The number of carbonyl (C=O) groups is 2. The summed E-state index contributed by atoms with van der Waals surface area (Å²) >= 11 is 0. The van der Waals surface area contributed by atoms with Crippen molar-refractivity contribution >= 4 is 17.6 Å². The molecule has 0 atom stereocenters. The fourth-order valence-corrected chi connectivity index (χ4v) is 2.30. The number of nitrogens with zero attached hydrogens (tertiary/aromatic N) is 1. The van der Waals surface area contributed by atoms with E-state index in [1.54, 1.807) is 0 Å². The molecule has 1 aromatic rings. The Hall–Kier alpha value is -3.10. The van der Waals surface area contributed by atoms with Gasteiger partial charge >= 0.3 is 11.9 Å². The molecule has 0 aliphatic carbocycles. The first-order valence-electron chi connectivity index (χ1n) is 7.14. The van der Waals surface area contributed by atoms with Gasteiger partial charge in [-0.2, -0.15) is 0 Å². The van der Waals surface area contributed by atoms with E-state index >= 15 is 0 Å². The van der Waals surface area contributed by atoms with Crippen LogP contribution in [0.5, 0.6) is 0 Å². The van der Waals surface area contributed by atoms with Gasteiger partial charge in [0.2, 0.25) is 0 Å². The molecule has 1 aliphatic heterocycles. The Morgan fingerprint density at radius 1 is 1.04 bits per heavy atom. The number of carbonyl (C=O) groups excluding carboxylic acids is 2. The van der Waals surface area contributed by atoms with Crippen LogP contribution in [-0.2, 0) is 19.1 Å². The fraction of sp³-hybridized carbons (Fsp3) is 0.176. The van der Waals surface area contributed by atoms with Crippen molar-refractivity contribution < 1.29 is 36.6 Å². The highest BCUT2D eigenvalue weighted by Crippen LogP contribution is 2.34. The molecule has 0 fully saturated rings. The predicted molar refractivity (Wildman–Crippen MR) is 83.1 cm³/mol. The molecule has 26 heavy (non-hydrogen) atoms. The molecular weight excluding hydrogens is 358 g/mol. The van der Waals surface area contributed by atoms with Gasteiger partial charge in [-0.1, -0.05) is 6.08 Å². The summed E-state index contributed by atoms with van der Waals surface area (Å²) in [7, 11) is 2.08. The van der Waals surface area contributed by atoms with Gasteiger partial charge in [0.1, 0.15) is 11.5 Å². The summed E-state index contributed by atoms with van der Waals surface area (Å²) in [5.41, 5.74) is -2.79. The molecule has 138 valence electrons. The van der Waals surface area contributed by atoms with Gasteiger partial charge in [-0.15, -0.1) is 0 Å². The Balaban J connectivity index is 2.76. The van der Waals surface area contributed by atoms with Crippen molar-refractivity contribution in [3.63, 3.8) is 0 Å². The number of methoxy groups -OCH3 is 2. The minimum atomic E-state index is -3.42. The summed E-state index contributed by atoms with van der Waals surface area (Å²) in [6.07, 6.45) is 1.61. The summed E-state index contributed by atoms with van der Waals surface area (Å²) < 4.78 is 63.3. The third-order valence-electron chi connectivity index (χ3n) is 3.47. The Morgan fingerprint density at radius 2 is 1.69 bits per heavy atom. The number of ether oxygens (including phenoxy) is 2. The zero-order chi connectivity index (χ0) is 19.4. The second-order valence-electron chi connectivity index (χ2n) is 4.91. The first-order valence-corrected chi connectivity index (χ1v) is 7.14. The highest BCUT2D eigenvalue weighted by atomic mass is 19.3. The number of benzene rings is 1. The maximum atomic E-state index is 14.5. The van der Waals surface area contributed by atoms with Crippen molar-refractivity contribution in [3.8, 4) is 0 Å². The van der Waals surface area contributed by atoms with E-state index in [1.165, 1.54) is 18.2 Å². The van der Waals surface area contributed by atoms with E-state index in [-0.39, 0.29) is 5.57 Å². The van der Waals surface area contributed by atoms with Gasteiger partial charge in [-0.05, 0) is 24.3 Å². The predicted octanol–water partition coefficient (Wildman–Crippen LogP) is 3.39. The standard InChI is InChI=1S/C17H13F4NO4/c1-25-16(23)9-5-3-4-8-22(14(9)17(24)26-2)11-7-6-10(18)12(13(11)19)15(20)21/h3-8,15H,1-2H3. The van der Waals surface area contributed by atoms with Gasteiger partial charge in [0.25, 0.3) is 6.43 Å². The molecule has 5 nitrogen and oxygen atoms in total. The second kappa shape index (κ2) is 7.85. The fourth-order valence-electron chi connectivity index (χ4n) is 2.30. The van der Waals surface area contributed by atoms with Crippen LogP contribution in [0.4, 0.5) is 23.2 Å². The molecule has 1 aliphatic rings. The van der Waals surface area contributed by atoms with Gasteiger partial charge in [0.15, 0.2) is 5.82 Å². The molecule has 0 unspecified atom stereocenters. The molecule has 2 rings (SSSR count). The second-order valence-corrected chi connectivity index (χ2v) is 4.91. The average molecular weight is 371 g/mol. The first kappa shape index (κ1) is 19.2. The number of esters is 2. The molecule has 0 saturated heterocycles. The van der Waals surface area contributed by atoms with Crippen LogP contribution in [0.2, 0.25) is 0 Å². The van der Waals surface area contributed by atoms with E-state index in [0.717, 1.165) is 31.4 Å². The monoisotopic (exact) mass is 371 g/mol. The number of alkyl halides is 2. The van der Waals surface area contributed by atoms with Crippen molar-refractivity contribution in [2.75, 3.05) is 19.1 Å². The van der Waals surface area contributed by atoms with Crippen LogP contribution in [0.15, 0.2) is 47.8 Å². The summed E-state index contributed by atoms with van der Waals surface area (Å²) in [4.78, 5) is 25.0. The average Bonchev–Trinajstić information content (AvgIpc) is 2.83. The lowest BCUT2D eigenvalue weighted by molar-refractivity contribution is -0.139. The lowest BCUT2D eigenvalue weighted by Gasteiger charge is -2.24. The largest absolute Gasteiger partial charge is 0.465 e. The molecule has 0 aromatic heterocycles. The van der Waals surface area contributed by atoms with Gasteiger partial charge in [0, 0.05) is 6.20 Å². The Morgan fingerprint density at radius 3 is 2.27 bits per heavy atom. The SMILES string of the molecule is COC(=O)C1=C(C(=O)OC)N(c2ccc(F)c(C(F)F)c2F)C=CC=C1. The third-order valence-corrected chi connectivity index (χ3v) is 3.47. The molecule has 0 bridgehead atoms. The van der Waals surface area contributed by atoms with Gasteiger partial charge in [0.05, 0.1) is 31.0 Å². The molecular formula is C17H13F4NO4. The smallest absolute Gasteiger partial charge is 0.355 e. The molecule has 9 heteroatoms. The maximum absolute atomic E-state index is 14.5. The van der Waals surface area contributed by atoms with Crippen LogP contribution in [0, 0.1) is 11.6 Å². The number of allylic oxidation sites excluding steroid dienone is 2. The van der Waals surface area contributed by atoms with E-state index in [4.69, 9.17) is 0 Å². The van der Waals surface area contributed by atoms with Gasteiger partial charge in [-0.25, -0.2) is 27.2 Å². The minimum Gasteiger partial charge on any atom is -0.465 e. The summed E-state index contributed by atoms with van der Waals surface area (Å²) in [6.45, 7) is 0. The van der Waals surface area contributed by atoms with Crippen molar-refractivity contribution in [1.29, 1.82) is 0 Å². The van der Waals surface area contributed by atoms with Crippen LogP contribution in [0.3, 0.4) is 0 Å². The normalized spacial score (nSPS) is 13.9. The Labute approximate surface area is 145 Å². The van der Waals surface area contributed by atoms with Crippen molar-refractivity contribution in [2.45, 2.75) is 6.43 Å². The van der Waals surface area contributed by atoms with Crippen LogP contribution in [-0.4, -0.2) is 26.2 Å². The molecule has 0 radical (unpaired) electrons. The molecule has 0 saturated carbocycles. The van der Waals surface area contributed by atoms with Crippen molar-refractivity contribution in [1.82, 2.24) is 0 Å².